The van der Waals surface area contributed by atoms with E-state index in [4.69, 9.17) is 0 Å². The third-order valence-corrected chi connectivity index (χ3v) is 15.5. The van der Waals surface area contributed by atoms with Crippen molar-refractivity contribution in [3.63, 3.8) is 0 Å². The average molecular weight is 787 g/mol. The molecule has 0 spiro atoms. The summed E-state index contributed by atoms with van der Waals surface area (Å²) in [5.74, 6) is 2.86. The van der Waals surface area contributed by atoms with Crippen LogP contribution in [0.25, 0.3) is 55.6 Å². The predicted molar refractivity (Wildman–Crippen MR) is 257 cm³/mol. The lowest BCUT2D eigenvalue weighted by Gasteiger charge is -2.22. The first-order chi connectivity index (χ1) is 29.7. The first-order valence-electron chi connectivity index (χ1n) is 24.4. The highest BCUT2D eigenvalue weighted by Gasteiger charge is 2.20. The molecule has 60 heavy (non-hydrogen) atoms. The van der Waals surface area contributed by atoms with Crippen molar-refractivity contribution in [3.05, 3.63) is 156 Å². The highest BCUT2D eigenvalue weighted by atomic mass is 14.2. The van der Waals surface area contributed by atoms with Crippen molar-refractivity contribution in [2.45, 2.75) is 152 Å². The molecule has 4 aliphatic carbocycles. The Hall–Kier alpha value is -4.68. The number of hydrogen-bond donors (Lipinski definition) is 0. The third kappa shape index (κ3) is 9.00. The summed E-state index contributed by atoms with van der Waals surface area (Å²) >= 11 is 0. The van der Waals surface area contributed by atoms with Crippen LogP contribution in [-0.4, -0.2) is 0 Å². The first kappa shape index (κ1) is 39.5. The van der Waals surface area contributed by atoms with E-state index in [2.05, 4.69) is 133 Å². The fourth-order valence-corrected chi connectivity index (χ4v) is 11.8. The van der Waals surface area contributed by atoms with Gasteiger partial charge in [0.2, 0.25) is 0 Å². The van der Waals surface area contributed by atoms with Gasteiger partial charge in [0.25, 0.3) is 0 Å². The van der Waals surface area contributed by atoms with Crippen LogP contribution in [0.1, 0.15) is 174 Å². The molecular formula is C60H66. The van der Waals surface area contributed by atoms with Gasteiger partial charge in [-0.3, -0.25) is 0 Å². The molecule has 4 saturated carbocycles. The molecule has 6 aromatic rings. The lowest BCUT2D eigenvalue weighted by molar-refractivity contribution is 0.443. The van der Waals surface area contributed by atoms with E-state index in [1.165, 1.54) is 206 Å². The van der Waals surface area contributed by atoms with E-state index in [0.717, 1.165) is 0 Å². The Labute approximate surface area is 361 Å². The number of rotatable bonds is 9. The molecular weight excluding hydrogens is 721 g/mol. The third-order valence-electron chi connectivity index (χ3n) is 15.5. The summed E-state index contributed by atoms with van der Waals surface area (Å²) in [6, 6.07) is 53.5. The summed E-state index contributed by atoms with van der Waals surface area (Å²) in [6.45, 7) is 0. The zero-order chi connectivity index (χ0) is 40.1. The molecule has 10 rings (SSSR count). The monoisotopic (exact) mass is 787 g/mol. The minimum Gasteiger partial charge on any atom is -0.0581 e. The van der Waals surface area contributed by atoms with Crippen LogP contribution >= 0.6 is 0 Å². The molecule has 0 bridgehead atoms. The predicted octanol–water partition coefficient (Wildman–Crippen LogP) is 18.2. The van der Waals surface area contributed by atoms with Crippen molar-refractivity contribution in [1.82, 2.24) is 0 Å². The van der Waals surface area contributed by atoms with Crippen LogP contribution in [0.4, 0.5) is 0 Å². The van der Waals surface area contributed by atoms with Crippen molar-refractivity contribution in [2.75, 3.05) is 0 Å². The van der Waals surface area contributed by atoms with Crippen molar-refractivity contribution in [2.24, 2.45) is 0 Å². The highest BCUT2D eigenvalue weighted by Crippen LogP contribution is 2.41. The Morgan fingerprint density at radius 2 is 0.350 bits per heavy atom. The zero-order valence-electron chi connectivity index (χ0n) is 36.2. The van der Waals surface area contributed by atoms with Gasteiger partial charge in [-0.15, -0.1) is 0 Å². The Balaban J connectivity index is 1.06. The summed E-state index contributed by atoms with van der Waals surface area (Å²) in [6.07, 6.45) is 27.2. The maximum atomic E-state index is 2.47. The maximum Gasteiger partial charge on any atom is -0.0162 e. The Kier molecular flexibility index (Phi) is 12.2. The smallest absolute Gasteiger partial charge is 0.0162 e. The van der Waals surface area contributed by atoms with Gasteiger partial charge in [0.05, 0.1) is 0 Å². The Morgan fingerprint density at radius 1 is 0.183 bits per heavy atom. The van der Waals surface area contributed by atoms with Crippen LogP contribution in [0, 0.1) is 0 Å². The van der Waals surface area contributed by atoms with E-state index >= 15 is 0 Å². The summed E-state index contributed by atoms with van der Waals surface area (Å²) < 4.78 is 0. The highest BCUT2D eigenvalue weighted by molar-refractivity contribution is 5.86. The molecule has 0 unspecified atom stereocenters. The van der Waals surface area contributed by atoms with E-state index in [-0.39, 0.29) is 0 Å². The van der Waals surface area contributed by atoms with Gasteiger partial charge in [-0.1, -0.05) is 174 Å². The van der Waals surface area contributed by atoms with Crippen LogP contribution < -0.4 is 0 Å². The second-order valence-electron chi connectivity index (χ2n) is 19.4. The summed E-state index contributed by atoms with van der Waals surface area (Å²) in [5, 5.41) is 0. The van der Waals surface area contributed by atoms with Gasteiger partial charge in [0, 0.05) is 0 Å². The molecule has 0 amide bonds. The summed E-state index contributed by atoms with van der Waals surface area (Å²) in [4.78, 5) is 0. The van der Waals surface area contributed by atoms with Gasteiger partial charge < -0.3 is 0 Å². The van der Waals surface area contributed by atoms with E-state index < -0.39 is 0 Å². The Morgan fingerprint density at radius 3 is 0.533 bits per heavy atom. The van der Waals surface area contributed by atoms with Crippen LogP contribution in [0.5, 0.6) is 0 Å². The second kappa shape index (κ2) is 18.5. The molecule has 0 nitrogen and oxygen atoms in total. The first-order valence-corrected chi connectivity index (χ1v) is 24.4. The van der Waals surface area contributed by atoms with Crippen molar-refractivity contribution in [3.8, 4) is 55.6 Å². The van der Waals surface area contributed by atoms with Crippen molar-refractivity contribution >= 4 is 0 Å². The largest absolute Gasteiger partial charge is 0.0581 e. The topological polar surface area (TPSA) is 0 Å². The molecule has 0 aliphatic heterocycles. The standard InChI is InChI=1S/C60H66/c1-5-13-43(14-6-1)47-21-29-51(30-22-47)55-37-56(52-31-23-48(24-32-52)44-15-7-2-8-16-44)40-59(39-55)60-41-57(53-33-25-49(26-34-53)45-17-9-3-10-18-45)38-58(42-60)54-35-27-50(28-36-54)46-19-11-4-12-20-46/h21-46H,1-20H2. The molecule has 0 heteroatoms. The van der Waals surface area contributed by atoms with E-state index in [1.807, 2.05) is 0 Å². The fourth-order valence-electron chi connectivity index (χ4n) is 11.8. The molecule has 4 fully saturated rings. The molecule has 0 aromatic heterocycles. The minimum absolute atomic E-state index is 0.715. The lowest BCUT2D eigenvalue weighted by Crippen LogP contribution is -2.04. The minimum atomic E-state index is 0.715. The molecule has 0 radical (unpaired) electrons. The van der Waals surface area contributed by atoms with Crippen LogP contribution in [-0.2, 0) is 0 Å². The Bertz CT molecular complexity index is 1970. The maximum absolute atomic E-state index is 2.47. The van der Waals surface area contributed by atoms with Crippen molar-refractivity contribution in [1.29, 1.82) is 0 Å². The van der Waals surface area contributed by atoms with Gasteiger partial charge in [0.1, 0.15) is 0 Å². The fraction of sp³-hybridized carbons (Fsp3) is 0.400. The zero-order valence-corrected chi connectivity index (χ0v) is 36.2. The van der Waals surface area contributed by atoms with Crippen molar-refractivity contribution < 1.29 is 0 Å². The molecule has 306 valence electrons. The summed E-state index contributed by atoms with van der Waals surface area (Å²) in [5.41, 5.74) is 19.1. The van der Waals surface area contributed by atoms with E-state index in [1.54, 1.807) is 0 Å². The number of hydrogen-bond acceptors (Lipinski definition) is 0. The molecule has 4 aliphatic rings. The van der Waals surface area contributed by atoms with Gasteiger partial charge in [0.15, 0.2) is 0 Å². The SMILES string of the molecule is c1cc(C2CCCCC2)ccc1-c1cc(-c2ccc(C3CCCCC3)cc2)cc(-c2cc(-c3ccc(C4CCCCC4)cc3)cc(-c3ccc(C4CCCCC4)cc3)c2)c1. The van der Waals surface area contributed by atoms with E-state index in [0.29, 0.717) is 23.7 Å². The molecule has 0 heterocycles. The van der Waals surface area contributed by atoms with Crippen LogP contribution in [0.2, 0.25) is 0 Å². The van der Waals surface area contributed by atoms with Crippen LogP contribution in [0.15, 0.2) is 133 Å². The van der Waals surface area contributed by atoms with Gasteiger partial charge in [-0.2, -0.15) is 0 Å². The molecule has 6 aromatic carbocycles. The average Bonchev–Trinajstić information content (AvgIpc) is 3.35. The van der Waals surface area contributed by atoms with E-state index in [9.17, 15) is 0 Å². The molecule has 0 atom stereocenters. The summed E-state index contributed by atoms with van der Waals surface area (Å²) in [7, 11) is 0. The number of benzene rings is 6. The normalized spacial score (nSPS) is 18.7. The lowest BCUT2D eigenvalue weighted by atomic mass is 9.83. The molecule has 0 saturated heterocycles. The van der Waals surface area contributed by atoms with Gasteiger partial charge >= 0.3 is 0 Å². The second-order valence-corrected chi connectivity index (χ2v) is 19.4. The quantitative estimate of drug-likeness (QED) is 0.137. The van der Waals surface area contributed by atoms with Crippen LogP contribution in [0.3, 0.4) is 0 Å². The van der Waals surface area contributed by atoms with Gasteiger partial charge in [-0.05, 0) is 189 Å². The van der Waals surface area contributed by atoms with Gasteiger partial charge in [-0.25, -0.2) is 0 Å². The molecule has 0 N–H and O–H groups in total.